The Labute approximate surface area is 110 Å². The van der Waals surface area contributed by atoms with E-state index in [9.17, 15) is 0 Å². The van der Waals surface area contributed by atoms with Crippen LogP contribution in [0.25, 0.3) is 0 Å². The maximum Gasteiger partial charge on any atom is 0.169 e. The van der Waals surface area contributed by atoms with E-state index in [2.05, 4.69) is 35.2 Å². The van der Waals surface area contributed by atoms with E-state index < -0.39 is 0 Å². The summed E-state index contributed by atoms with van der Waals surface area (Å²) >= 11 is 0. The first-order valence-corrected chi connectivity index (χ1v) is 4.34. The van der Waals surface area contributed by atoms with Gasteiger partial charge in [0.15, 0.2) is 18.9 Å². The van der Waals surface area contributed by atoms with Crippen molar-refractivity contribution < 1.29 is 37.3 Å². The van der Waals surface area contributed by atoms with Crippen LogP contribution in [-0.4, -0.2) is 0 Å². The van der Waals surface area contributed by atoms with Gasteiger partial charge >= 0.3 is 0 Å². The fourth-order valence-corrected chi connectivity index (χ4v) is 1.28. The Hall–Kier alpha value is -0.526. The summed E-state index contributed by atoms with van der Waals surface area (Å²) in [7, 11) is 0. The zero-order chi connectivity index (χ0) is 8.93. The first-order chi connectivity index (χ1) is 6.45. The van der Waals surface area contributed by atoms with Crippen LogP contribution in [0, 0.1) is 6.07 Å². The second kappa shape index (κ2) is 6.05. The standard InChI is InChI=1S/C12H11N.Y/c1-3-7-12(8-4-1)11-13-9-5-2-6-10-13;/h2-10H,11H2;. The van der Waals surface area contributed by atoms with Crippen LogP contribution in [0.1, 0.15) is 5.56 Å². The molecule has 0 saturated heterocycles. The molecular formula is C12H11NY. The van der Waals surface area contributed by atoms with E-state index in [1.165, 1.54) is 5.56 Å². The Balaban J connectivity index is 0.000000980. The van der Waals surface area contributed by atoms with Crippen LogP contribution >= 0.6 is 0 Å². The van der Waals surface area contributed by atoms with Crippen LogP contribution in [0.3, 0.4) is 0 Å². The topological polar surface area (TPSA) is 3.88 Å². The predicted molar refractivity (Wildman–Crippen MR) is 51.0 cm³/mol. The van der Waals surface area contributed by atoms with Gasteiger partial charge < -0.3 is 0 Å². The van der Waals surface area contributed by atoms with Gasteiger partial charge in [0.25, 0.3) is 0 Å². The van der Waals surface area contributed by atoms with Gasteiger partial charge in [-0.2, -0.15) is 30.3 Å². The van der Waals surface area contributed by atoms with Crippen LogP contribution in [-0.2, 0) is 39.3 Å². The van der Waals surface area contributed by atoms with E-state index in [0.717, 1.165) is 6.54 Å². The van der Waals surface area contributed by atoms with Gasteiger partial charge in [-0.15, -0.1) is 0 Å². The van der Waals surface area contributed by atoms with Crippen LogP contribution in [0.5, 0.6) is 0 Å². The first-order valence-electron chi connectivity index (χ1n) is 4.34. The van der Waals surface area contributed by atoms with E-state index >= 15 is 0 Å². The molecule has 0 saturated carbocycles. The molecule has 0 spiro atoms. The molecule has 1 radical (unpaired) electrons. The van der Waals surface area contributed by atoms with Gasteiger partial charge in [0.1, 0.15) is 0 Å². The Morgan fingerprint density at radius 2 is 1.64 bits per heavy atom. The SMILES string of the molecule is [Y].[c-]1ccc(C[n+]2ccccc2)cc1. The number of hydrogen-bond donors (Lipinski definition) is 0. The number of pyridine rings is 1. The summed E-state index contributed by atoms with van der Waals surface area (Å²) in [5.41, 5.74) is 1.30. The van der Waals surface area contributed by atoms with E-state index in [4.69, 9.17) is 0 Å². The minimum atomic E-state index is 0. The molecule has 0 aliphatic rings. The molecule has 2 rings (SSSR count). The number of hydrogen-bond acceptors (Lipinski definition) is 0. The van der Waals surface area contributed by atoms with Crippen LogP contribution < -0.4 is 4.57 Å². The largest absolute Gasteiger partial charge is 0.203 e. The molecule has 0 fully saturated rings. The molecule has 0 amide bonds. The summed E-state index contributed by atoms with van der Waals surface area (Å²) in [5, 5.41) is 0. The van der Waals surface area contributed by atoms with Gasteiger partial charge in [-0.3, -0.25) is 0 Å². The third-order valence-corrected chi connectivity index (χ3v) is 1.93. The molecule has 0 bridgehead atoms. The second-order valence-corrected chi connectivity index (χ2v) is 2.96. The maximum atomic E-state index is 3.01. The Bertz CT molecular complexity index is 321. The summed E-state index contributed by atoms with van der Waals surface area (Å²) in [5.74, 6) is 0. The first kappa shape index (κ1) is 11.5. The normalized spacial score (nSPS) is 9.14. The van der Waals surface area contributed by atoms with Gasteiger partial charge in [-0.05, 0) is 0 Å². The van der Waals surface area contributed by atoms with Crippen molar-refractivity contribution in [2.24, 2.45) is 0 Å². The molecule has 67 valence electrons. The van der Waals surface area contributed by atoms with E-state index in [1.54, 1.807) is 0 Å². The zero-order valence-corrected chi connectivity index (χ0v) is 10.8. The average Bonchev–Trinajstić information content (AvgIpc) is 2.21. The van der Waals surface area contributed by atoms with Crippen molar-refractivity contribution in [3.63, 3.8) is 0 Å². The second-order valence-electron chi connectivity index (χ2n) is 2.96. The van der Waals surface area contributed by atoms with E-state index in [-0.39, 0.29) is 32.7 Å². The quantitative estimate of drug-likeness (QED) is 0.571. The average molecular weight is 258 g/mol. The van der Waals surface area contributed by atoms with Gasteiger partial charge in [0.2, 0.25) is 0 Å². The summed E-state index contributed by atoms with van der Waals surface area (Å²) in [6.45, 7) is 0.926. The van der Waals surface area contributed by atoms with Crippen molar-refractivity contribution in [3.8, 4) is 0 Å². The monoisotopic (exact) mass is 258 g/mol. The van der Waals surface area contributed by atoms with Gasteiger partial charge in [0.05, 0.1) is 0 Å². The molecule has 0 aliphatic heterocycles. The van der Waals surface area contributed by atoms with E-state index in [1.807, 2.05) is 30.3 Å². The molecule has 0 atom stereocenters. The summed E-state index contributed by atoms with van der Waals surface area (Å²) in [6, 6.07) is 17.2. The Morgan fingerprint density at radius 1 is 1.00 bits per heavy atom. The minimum Gasteiger partial charge on any atom is -0.203 e. The van der Waals surface area contributed by atoms with E-state index in [0.29, 0.717) is 0 Å². The van der Waals surface area contributed by atoms with Crippen molar-refractivity contribution >= 4 is 0 Å². The molecule has 2 heteroatoms. The van der Waals surface area contributed by atoms with Crippen LogP contribution in [0.15, 0.2) is 54.9 Å². The van der Waals surface area contributed by atoms with Crippen molar-refractivity contribution in [2.75, 3.05) is 0 Å². The van der Waals surface area contributed by atoms with Crippen LogP contribution in [0.4, 0.5) is 0 Å². The molecule has 1 aromatic carbocycles. The third kappa shape index (κ3) is 3.32. The minimum absolute atomic E-state index is 0. The Morgan fingerprint density at radius 3 is 2.29 bits per heavy atom. The summed E-state index contributed by atoms with van der Waals surface area (Å²) in [4.78, 5) is 0. The molecule has 0 unspecified atom stereocenters. The number of rotatable bonds is 2. The van der Waals surface area contributed by atoms with Crippen LogP contribution in [0.2, 0.25) is 0 Å². The molecule has 0 aliphatic carbocycles. The van der Waals surface area contributed by atoms with Gasteiger partial charge in [-0.25, -0.2) is 4.57 Å². The van der Waals surface area contributed by atoms with Gasteiger partial charge in [0, 0.05) is 44.8 Å². The van der Waals surface area contributed by atoms with Crippen molar-refractivity contribution in [2.45, 2.75) is 6.54 Å². The number of aromatic nitrogens is 1. The number of nitrogens with zero attached hydrogens (tertiary/aromatic N) is 1. The smallest absolute Gasteiger partial charge is 0.169 e. The zero-order valence-electron chi connectivity index (χ0n) is 7.93. The fraction of sp³-hybridized carbons (Fsp3) is 0.0833. The third-order valence-electron chi connectivity index (χ3n) is 1.93. The molecule has 0 N–H and O–H groups in total. The summed E-state index contributed by atoms with van der Waals surface area (Å²) < 4.78 is 2.15. The molecule has 1 aromatic heterocycles. The van der Waals surface area contributed by atoms with Gasteiger partial charge in [-0.1, -0.05) is 11.6 Å². The maximum absolute atomic E-state index is 3.01. The predicted octanol–water partition coefficient (Wildman–Crippen LogP) is 1.82. The van der Waals surface area contributed by atoms with Crippen molar-refractivity contribution in [1.82, 2.24) is 0 Å². The van der Waals surface area contributed by atoms with Crippen molar-refractivity contribution in [3.05, 3.63) is 66.5 Å². The Kier molecular flexibility index (Phi) is 4.99. The number of benzene rings is 1. The van der Waals surface area contributed by atoms with Crippen molar-refractivity contribution in [1.29, 1.82) is 0 Å². The molecule has 1 heterocycles. The summed E-state index contributed by atoms with van der Waals surface area (Å²) in [6.07, 6.45) is 4.13. The molecule has 2 aromatic rings. The molecule has 1 nitrogen and oxygen atoms in total. The molecule has 14 heavy (non-hydrogen) atoms. The fourth-order valence-electron chi connectivity index (χ4n) is 1.28. The molecular weight excluding hydrogens is 247 g/mol.